The molecule has 9 aromatic carbocycles. The van der Waals surface area contributed by atoms with E-state index in [4.69, 9.17) is 19.1 Å². The molecule has 0 bridgehead atoms. The molecule has 0 saturated heterocycles. The van der Waals surface area contributed by atoms with Crippen LogP contribution in [0.3, 0.4) is 0 Å². The minimum absolute atomic E-state index is 0.0609. The Balaban J connectivity index is 1.00. The monoisotopic (exact) mass is 782 g/mol. The second-order valence-electron chi connectivity index (χ2n) is 14.9. The van der Waals surface area contributed by atoms with E-state index in [2.05, 4.69) is 103 Å². The maximum atomic E-state index is 9.23. The Kier molecular flexibility index (Phi) is 8.07. The summed E-state index contributed by atoms with van der Waals surface area (Å²) in [6.07, 6.45) is 0. The summed E-state index contributed by atoms with van der Waals surface area (Å²) in [5, 5.41) is 1.24. The van der Waals surface area contributed by atoms with Crippen molar-refractivity contribution in [2.45, 2.75) is 0 Å². The van der Waals surface area contributed by atoms with E-state index in [0.717, 1.165) is 77.8 Å². The maximum Gasteiger partial charge on any atom is 0.164 e. The van der Waals surface area contributed by atoms with Crippen LogP contribution in [0.25, 0.3) is 106 Å². The molecular formula is C57H38N4. The summed E-state index contributed by atoms with van der Waals surface area (Å²) in [5.41, 5.74) is 12.9. The molecular weight excluding hydrogens is 741 g/mol. The van der Waals surface area contributed by atoms with Gasteiger partial charge in [0.05, 0.1) is 16.5 Å². The van der Waals surface area contributed by atoms with Crippen LogP contribution in [-0.4, -0.2) is 19.5 Å². The van der Waals surface area contributed by atoms with Gasteiger partial charge < -0.3 is 4.57 Å². The van der Waals surface area contributed by atoms with Crippen molar-refractivity contribution in [3.8, 4) is 84.4 Å². The zero-order chi connectivity index (χ0) is 44.0. The van der Waals surface area contributed by atoms with Crippen LogP contribution in [0.15, 0.2) is 230 Å². The van der Waals surface area contributed by atoms with Crippen molar-refractivity contribution in [1.29, 1.82) is 0 Å². The van der Waals surface area contributed by atoms with Crippen LogP contribution in [-0.2, 0) is 0 Å². The van der Waals surface area contributed by atoms with Gasteiger partial charge in [0, 0.05) is 38.7 Å². The van der Waals surface area contributed by atoms with Crippen LogP contribution < -0.4 is 0 Å². The number of benzene rings is 9. The van der Waals surface area contributed by atoms with Gasteiger partial charge in [-0.2, -0.15) is 0 Å². The third-order valence-corrected chi connectivity index (χ3v) is 11.2. The molecule has 286 valence electrons. The van der Waals surface area contributed by atoms with Gasteiger partial charge in [0.25, 0.3) is 0 Å². The molecule has 2 heterocycles. The lowest BCUT2D eigenvalue weighted by Crippen LogP contribution is -2.00. The minimum atomic E-state index is -0.270. The first kappa shape index (κ1) is 31.7. The van der Waals surface area contributed by atoms with Crippen molar-refractivity contribution >= 4 is 21.8 Å². The van der Waals surface area contributed by atoms with Crippen LogP contribution in [0.1, 0.15) is 5.48 Å². The number of para-hydroxylation sites is 2. The predicted octanol–water partition coefficient (Wildman–Crippen LogP) is 14.6. The molecule has 0 aliphatic heterocycles. The van der Waals surface area contributed by atoms with E-state index < -0.39 is 0 Å². The average molecular weight is 783 g/mol. The summed E-state index contributed by atoms with van der Waals surface area (Å²) in [6.45, 7) is 0. The van der Waals surface area contributed by atoms with Crippen molar-refractivity contribution < 1.29 is 5.48 Å². The largest absolute Gasteiger partial charge is 0.309 e. The standard InChI is InChI=1S/C57H38N4/c1-4-14-39(15-5-1)41-26-32-44(33-27-41)50-23-13-24-52-51-22-10-11-25-53(51)61(54(50)52)49-21-12-20-48(38-49)43-30-36-47(37-31-43)57-59-55(45-18-8-3-9-19-45)58-56(60-57)46-34-28-42(29-35-46)40-16-6-2-7-17-40/h1-38H/i10D,11D,22D,25D. The fourth-order valence-corrected chi connectivity index (χ4v) is 8.16. The van der Waals surface area contributed by atoms with Gasteiger partial charge in [0.1, 0.15) is 0 Å². The molecule has 0 N–H and O–H groups in total. The third-order valence-electron chi connectivity index (χ3n) is 11.2. The number of aromatic nitrogens is 4. The van der Waals surface area contributed by atoms with Crippen molar-refractivity contribution in [2.24, 2.45) is 0 Å². The lowest BCUT2D eigenvalue weighted by molar-refractivity contribution is 1.07. The van der Waals surface area contributed by atoms with Crippen LogP contribution >= 0.6 is 0 Å². The van der Waals surface area contributed by atoms with Gasteiger partial charge >= 0.3 is 0 Å². The Morgan fingerprint density at radius 2 is 0.738 bits per heavy atom. The summed E-state index contributed by atoms with van der Waals surface area (Å²) in [4.78, 5) is 14.9. The molecule has 0 saturated carbocycles. The molecule has 0 aliphatic rings. The molecule has 2 aromatic heterocycles. The van der Waals surface area contributed by atoms with E-state index in [-0.39, 0.29) is 24.2 Å². The van der Waals surface area contributed by atoms with E-state index >= 15 is 0 Å². The molecule has 11 aromatic rings. The highest BCUT2D eigenvalue weighted by atomic mass is 15.0. The highest BCUT2D eigenvalue weighted by molar-refractivity contribution is 6.13. The Bertz CT molecular complexity index is 3540. The SMILES string of the molecule is [2H]c1c([2H])c([2H])c2c(c1[2H])c1cccc(-c3ccc(-c4ccccc4)cc3)c1n2-c1cccc(-c2ccc(-c3nc(-c4ccccc4)nc(-c4ccc(-c5ccccc5)cc4)n3)cc2)c1. The normalized spacial score (nSPS) is 12.2. The van der Waals surface area contributed by atoms with Crippen LogP contribution in [0.5, 0.6) is 0 Å². The van der Waals surface area contributed by atoms with Crippen molar-refractivity contribution in [1.82, 2.24) is 19.5 Å². The topological polar surface area (TPSA) is 43.6 Å². The molecule has 4 nitrogen and oxygen atoms in total. The Labute approximate surface area is 360 Å². The number of hydrogen-bond acceptors (Lipinski definition) is 3. The fourth-order valence-electron chi connectivity index (χ4n) is 8.16. The molecule has 0 radical (unpaired) electrons. The molecule has 0 spiro atoms. The summed E-state index contributed by atoms with van der Waals surface area (Å²) < 4.78 is 37.7. The van der Waals surface area contributed by atoms with E-state index in [9.17, 15) is 1.37 Å². The lowest BCUT2D eigenvalue weighted by Gasteiger charge is -2.14. The number of rotatable bonds is 8. The quantitative estimate of drug-likeness (QED) is 0.154. The molecule has 0 atom stereocenters. The van der Waals surface area contributed by atoms with Gasteiger partial charge in [-0.3, -0.25) is 0 Å². The fraction of sp³-hybridized carbons (Fsp3) is 0. The first-order chi connectivity index (χ1) is 31.9. The van der Waals surface area contributed by atoms with Crippen LogP contribution in [0, 0.1) is 0 Å². The smallest absolute Gasteiger partial charge is 0.164 e. The molecule has 61 heavy (non-hydrogen) atoms. The van der Waals surface area contributed by atoms with Gasteiger partial charge in [-0.05, 0) is 57.1 Å². The van der Waals surface area contributed by atoms with E-state index in [0.29, 0.717) is 28.4 Å². The van der Waals surface area contributed by atoms with E-state index in [1.807, 2.05) is 108 Å². The van der Waals surface area contributed by atoms with E-state index in [1.54, 1.807) is 0 Å². The van der Waals surface area contributed by atoms with Gasteiger partial charge in [-0.1, -0.05) is 212 Å². The first-order valence-electron chi connectivity index (χ1n) is 22.3. The second-order valence-corrected chi connectivity index (χ2v) is 14.9. The predicted molar refractivity (Wildman–Crippen MR) is 252 cm³/mol. The van der Waals surface area contributed by atoms with Gasteiger partial charge in [-0.15, -0.1) is 0 Å². The van der Waals surface area contributed by atoms with Crippen LogP contribution in [0.2, 0.25) is 0 Å². The molecule has 0 amide bonds. The molecule has 11 rings (SSSR count). The van der Waals surface area contributed by atoms with E-state index in [1.165, 1.54) is 0 Å². The zero-order valence-corrected chi connectivity index (χ0v) is 32.9. The maximum absolute atomic E-state index is 9.23. The summed E-state index contributed by atoms with van der Waals surface area (Å²) in [6, 6.07) is 68.8. The van der Waals surface area contributed by atoms with Gasteiger partial charge in [0.2, 0.25) is 0 Å². The Morgan fingerprint density at radius 3 is 1.30 bits per heavy atom. The average Bonchev–Trinajstić information content (AvgIpc) is 3.74. The Hall–Kier alpha value is -8.21. The van der Waals surface area contributed by atoms with Crippen molar-refractivity contribution in [3.05, 3.63) is 230 Å². The number of hydrogen-bond donors (Lipinski definition) is 0. The molecule has 4 heteroatoms. The van der Waals surface area contributed by atoms with Gasteiger partial charge in [0.15, 0.2) is 17.5 Å². The third kappa shape index (κ3) is 6.86. The first-order valence-corrected chi connectivity index (χ1v) is 20.3. The number of fused-ring (bicyclic) bond motifs is 3. The summed E-state index contributed by atoms with van der Waals surface area (Å²) >= 11 is 0. The summed E-state index contributed by atoms with van der Waals surface area (Å²) in [5.74, 6) is 1.73. The summed E-state index contributed by atoms with van der Waals surface area (Å²) in [7, 11) is 0. The van der Waals surface area contributed by atoms with Crippen molar-refractivity contribution in [2.75, 3.05) is 0 Å². The highest BCUT2D eigenvalue weighted by Gasteiger charge is 2.18. The second kappa shape index (κ2) is 15.5. The van der Waals surface area contributed by atoms with Gasteiger partial charge in [-0.25, -0.2) is 15.0 Å². The molecule has 0 fully saturated rings. The zero-order valence-electron chi connectivity index (χ0n) is 36.9. The van der Waals surface area contributed by atoms with Crippen LogP contribution in [0.4, 0.5) is 0 Å². The highest BCUT2D eigenvalue weighted by Crippen LogP contribution is 2.39. The molecule has 0 aliphatic carbocycles. The Morgan fingerprint density at radius 1 is 0.328 bits per heavy atom. The minimum Gasteiger partial charge on any atom is -0.309 e. The van der Waals surface area contributed by atoms with Crippen molar-refractivity contribution in [3.63, 3.8) is 0 Å². The number of nitrogens with zero attached hydrogens (tertiary/aromatic N) is 4. The molecule has 0 unspecified atom stereocenters. The lowest BCUT2D eigenvalue weighted by atomic mass is 9.98.